The van der Waals surface area contributed by atoms with Crippen molar-refractivity contribution >= 4 is 5.91 Å². The predicted molar refractivity (Wildman–Crippen MR) is 84.6 cm³/mol. The molecule has 3 rings (SSSR count). The molecule has 0 spiro atoms. The molecule has 1 unspecified atom stereocenters. The highest BCUT2D eigenvalue weighted by molar-refractivity contribution is 5.94. The highest BCUT2D eigenvalue weighted by atomic mass is 16.2. The molecule has 2 heterocycles. The second-order valence-corrected chi connectivity index (χ2v) is 5.75. The first kappa shape index (κ1) is 14.4. The molecule has 22 heavy (non-hydrogen) atoms. The van der Waals surface area contributed by atoms with Crippen molar-refractivity contribution in [1.29, 1.82) is 5.26 Å². The molecule has 0 radical (unpaired) electrons. The molecule has 1 aromatic heterocycles. The number of aryl methyl sites for hydroxylation is 1. The number of carbonyl (C=O) groups excluding carboxylic acids is 1. The molecule has 0 aliphatic carbocycles. The molecular formula is C18H19N3O. The van der Waals surface area contributed by atoms with Gasteiger partial charge in [0.1, 0.15) is 11.8 Å². The van der Waals surface area contributed by atoms with E-state index in [2.05, 4.69) is 36.2 Å². The van der Waals surface area contributed by atoms with E-state index in [1.807, 2.05) is 11.0 Å². The van der Waals surface area contributed by atoms with Crippen molar-refractivity contribution in [3.8, 4) is 6.07 Å². The molecular weight excluding hydrogens is 274 g/mol. The second-order valence-electron chi connectivity index (χ2n) is 5.75. The summed E-state index contributed by atoms with van der Waals surface area (Å²) in [4.78, 5) is 17.1. The molecule has 2 aromatic rings. The van der Waals surface area contributed by atoms with Gasteiger partial charge in [-0.1, -0.05) is 31.2 Å². The number of nitrogens with one attached hydrogen (secondary N) is 1. The molecule has 1 aliphatic rings. The predicted octanol–water partition coefficient (Wildman–Crippen LogP) is 3.08. The molecule has 0 bridgehead atoms. The Hall–Kier alpha value is -2.54. The van der Waals surface area contributed by atoms with Crippen LogP contribution in [0.2, 0.25) is 0 Å². The molecule has 1 amide bonds. The fraction of sp³-hybridized carbons (Fsp3) is 0.333. The van der Waals surface area contributed by atoms with Crippen molar-refractivity contribution in [3.63, 3.8) is 0 Å². The van der Waals surface area contributed by atoms with Crippen LogP contribution >= 0.6 is 0 Å². The van der Waals surface area contributed by atoms with Crippen molar-refractivity contribution in [3.05, 3.63) is 58.9 Å². The maximum atomic E-state index is 12.5. The summed E-state index contributed by atoms with van der Waals surface area (Å²) in [5.41, 5.74) is 3.64. The Morgan fingerprint density at radius 1 is 1.41 bits per heavy atom. The lowest BCUT2D eigenvalue weighted by atomic mass is 9.97. The van der Waals surface area contributed by atoms with Crippen LogP contribution in [-0.2, 0) is 6.42 Å². The van der Waals surface area contributed by atoms with E-state index in [1.165, 1.54) is 11.1 Å². The van der Waals surface area contributed by atoms with Crippen LogP contribution in [0.3, 0.4) is 0 Å². The maximum absolute atomic E-state index is 12.5. The van der Waals surface area contributed by atoms with E-state index < -0.39 is 0 Å². The Morgan fingerprint density at radius 3 is 2.82 bits per heavy atom. The lowest BCUT2D eigenvalue weighted by Crippen LogP contribution is -2.28. The summed E-state index contributed by atoms with van der Waals surface area (Å²) in [6.07, 6.45) is 3.65. The van der Waals surface area contributed by atoms with Gasteiger partial charge in [-0.2, -0.15) is 5.26 Å². The number of benzene rings is 1. The Balaban J connectivity index is 1.68. The zero-order chi connectivity index (χ0) is 15.5. The largest absolute Gasteiger partial charge is 0.352 e. The van der Waals surface area contributed by atoms with E-state index in [0.717, 1.165) is 25.9 Å². The highest BCUT2D eigenvalue weighted by Gasteiger charge is 2.28. The molecule has 1 atom stereocenters. The zero-order valence-corrected chi connectivity index (χ0v) is 12.7. The lowest BCUT2D eigenvalue weighted by Gasteiger charge is -2.16. The van der Waals surface area contributed by atoms with Crippen molar-refractivity contribution in [1.82, 2.24) is 9.88 Å². The molecule has 1 N–H and O–H groups in total. The van der Waals surface area contributed by atoms with Gasteiger partial charge in [0.25, 0.3) is 5.91 Å². The SMILES string of the molecule is CCc1ccc(C2CCN(C(=O)c3c[nH]c(C#N)c3)C2)cc1. The van der Waals surface area contributed by atoms with Crippen molar-refractivity contribution in [2.24, 2.45) is 0 Å². The number of amides is 1. The van der Waals surface area contributed by atoms with Crippen LogP contribution in [0.1, 0.15) is 46.4 Å². The molecule has 1 aliphatic heterocycles. The minimum atomic E-state index is 0.00503. The number of aromatic amines is 1. The molecule has 0 saturated carbocycles. The summed E-state index contributed by atoms with van der Waals surface area (Å²) >= 11 is 0. The van der Waals surface area contributed by atoms with Crippen molar-refractivity contribution in [2.45, 2.75) is 25.7 Å². The number of rotatable bonds is 3. The summed E-state index contributed by atoms with van der Waals surface area (Å²) in [6.45, 7) is 3.67. The standard InChI is InChI=1S/C18H19N3O/c1-2-13-3-5-14(6-4-13)15-7-8-21(12-15)18(22)16-9-17(10-19)20-11-16/h3-6,9,11,15,20H,2,7-8,12H2,1H3. The Morgan fingerprint density at radius 2 is 2.18 bits per heavy atom. The fourth-order valence-corrected chi connectivity index (χ4v) is 3.01. The summed E-state index contributed by atoms with van der Waals surface area (Å²) in [5, 5.41) is 8.83. The maximum Gasteiger partial charge on any atom is 0.255 e. The first-order valence-corrected chi connectivity index (χ1v) is 7.68. The average Bonchev–Trinajstić information content (AvgIpc) is 3.23. The average molecular weight is 293 g/mol. The molecule has 1 saturated heterocycles. The van der Waals surface area contributed by atoms with Gasteiger partial charge in [-0.05, 0) is 30.0 Å². The molecule has 4 nitrogen and oxygen atoms in total. The highest BCUT2D eigenvalue weighted by Crippen LogP contribution is 2.28. The van der Waals surface area contributed by atoms with Gasteiger partial charge >= 0.3 is 0 Å². The number of hydrogen-bond donors (Lipinski definition) is 1. The number of H-pyrrole nitrogens is 1. The fourth-order valence-electron chi connectivity index (χ4n) is 3.01. The van der Waals surface area contributed by atoms with E-state index in [9.17, 15) is 4.79 Å². The van der Waals surface area contributed by atoms with Crippen LogP contribution in [0, 0.1) is 11.3 Å². The minimum absolute atomic E-state index is 0.00503. The van der Waals surface area contributed by atoms with Gasteiger partial charge in [-0.25, -0.2) is 0 Å². The summed E-state index contributed by atoms with van der Waals surface area (Å²) in [6, 6.07) is 12.3. The zero-order valence-electron chi connectivity index (χ0n) is 12.7. The summed E-state index contributed by atoms with van der Waals surface area (Å²) < 4.78 is 0. The Labute approximate surface area is 130 Å². The van der Waals surface area contributed by atoms with Crippen LogP contribution in [0.25, 0.3) is 0 Å². The van der Waals surface area contributed by atoms with Crippen LogP contribution in [0.15, 0.2) is 36.5 Å². The number of aromatic nitrogens is 1. The van der Waals surface area contributed by atoms with Gasteiger partial charge in [0.2, 0.25) is 0 Å². The third-order valence-corrected chi connectivity index (χ3v) is 4.39. The topological polar surface area (TPSA) is 59.9 Å². The van der Waals surface area contributed by atoms with Gasteiger partial charge in [0.05, 0.1) is 5.56 Å². The monoisotopic (exact) mass is 293 g/mol. The number of nitriles is 1. The quantitative estimate of drug-likeness (QED) is 0.945. The van der Waals surface area contributed by atoms with Crippen LogP contribution < -0.4 is 0 Å². The third kappa shape index (κ3) is 2.75. The van der Waals surface area contributed by atoms with E-state index in [4.69, 9.17) is 5.26 Å². The van der Waals surface area contributed by atoms with Crippen LogP contribution in [-0.4, -0.2) is 28.9 Å². The van der Waals surface area contributed by atoms with Gasteiger partial charge in [-0.3, -0.25) is 4.79 Å². The smallest absolute Gasteiger partial charge is 0.255 e. The van der Waals surface area contributed by atoms with E-state index in [1.54, 1.807) is 12.3 Å². The van der Waals surface area contributed by atoms with Gasteiger partial charge in [0, 0.05) is 25.2 Å². The molecule has 112 valence electrons. The van der Waals surface area contributed by atoms with Crippen molar-refractivity contribution < 1.29 is 4.79 Å². The van der Waals surface area contributed by atoms with E-state index in [-0.39, 0.29) is 5.91 Å². The summed E-state index contributed by atoms with van der Waals surface area (Å²) in [7, 11) is 0. The number of nitrogens with zero attached hydrogens (tertiary/aromatic N) is 2. The summed E-state index contributed by atoms with van der Waals surface area (Å²) in [5.74, 6) is 0.412. The van der Waals surface area contributed by atoms with Crippen LogP contribution in [0.4, 0.5) is 0 Å². The number of likely N-dealkylation sites (tertiary alicyclic amines) is 1. The Kier molecular flexibility index (Phi) is 3.97. The first-order chi connectivity index (χ1) is 10.7. The van der Waals surface area contributed by atoms with E-state index in [0.29, 0.717) is 17.2 Å². The number of carbonyl (C=O) groups is 1. The van der Waals surface area contributed by atoms with Gasteiger partial charge < -0.3 is 9.88 Å². The first-order valence-electron chi connectivity index (χ1n) is 7.68. The lowest BCUT2D eigenvalue weighted by molar-refractivity contribution is 0.0791. The molecule has 1 aromatic carbocycles. The minimum Gasteiger partial charge on any atom is -0.352 e. The number of hydrogen-bond acceptors (Lipinski definition) is 2. The normalized spacial score (nSPS) is 17.5. The van der Waals surface area contributed by atoms with Gasteiger partial charge in [0.15, 0.2) is 0 Å². The molecule has 4 heteroatoms. The van der Waals surface area contributed by atoms with Crippen molar-refractivity contribution in [2.75, 3.05) is 13.1 Å². The van der Waals surface area contributed by atoms with E-state index >= 15 is 0 Å². The third-order valence-electron chi connectivity index (χ3n) is 4.39. The van der Waals surface area contributed by atoms with Crippen LogP contribution in [0.5, 0.6) is 0 Å². The Bertz CT molecular complexity index is 709. The second kappa shape index (κ2) is 6.07. The molecule has 1 fully saturated rings. The van der Waals surface area contributed by atoms with Gasteiger partial charge in [-0.15, -0.1) is 0 Å².